The molecule has 0 amide bonds. The molecule has 2 aromatic rings. The number of hydrogen-bond donors (Lipinski definition) is 1. The Kier molecular flexibility index (Phi) is 4.46. The normalized spacial score (nSPS) is 12.4. The summed E-state index contributed by atoms with van der Waals surface area (Å²) in [5.41, 5.74) is 1.68. The fraction of sp³-hybridized carbons (Fsp3) is 0.462. The summed E-state index contributed by atoms with van der Waals surface area (Å²) < 4.78 is 6.74. The standard InChI is InChI=1S/C13H18N4O2/c1-3-6-17-11(9-15-16-17)12(18)7-10-4-5-13(19-2)14-8-10/h4-5,8-9,12,18H,3,6-7H2,1-2H3. The van der Waals surface area contributed by atoms with Crippen LogP contribution in [0.2, 0.25) is 0 Å². The van der Waals surface area contributed by atoms with Gasteiger partial charge in [0.25, 0.3) is 0 Å². The van der Waals surface area contributed by atoms with Crippen LogP contribution in [0, 0.1) is 0 Å². The molecular formula is C13H18N4O2. The maximum absolute atomic E-state index is 10.2. The molecule has 0 aliphatic heterocycles. The van der Waals surface area contributed by atoms with Gasteiger partial charge in [0, 0.05) is 25.2 Å². The number of hydrogen-bond acceptors (Lipinski definition) is 5. The molecule has 0 fully saturated rings. The van der Waals surface area contributed by atoms with Crippen molar-refractivity contribution in [1.82, 2.24) is 20.0 Å². The molecule has 1 unspecified atom stereocenters. The highest BCUT2D eigenvalue weighted by Gasteiger charge is 2.14. The van der Waals surface area contributed by atoms with Gasteiger partial charge in [0.2, 0.25) is 5.88 Å². The van der Waals surface area contributed by atoms with Crippen molar-refractivity contribution < 1.29 is 9.84 Å². The van der Waals surface area contributed by atoms with E-state index in [1.54, 1.807) is 30.3 Å². The summed E-state index contributed by atoms with van der Waals surface area (Å²) in [6.45, 7) is 2.82. The van der Waals surface area contributed by atoms with Crippen LogP contribution in [0.25, 0.3) is 0 Å². The molecule has 6 nitrogen and oxygen atoms in total. The number of rotatable bonds is 6. The Bertz CT molecular complexity index is 510. The van der Waals surface area contributed by atoms with E-state index in [2.05, 4.69) is 22.2 Å². The van der Waals surface area contributed by atoms with Crippen LogP contribution in [-0.2, 0) is 13.0 Å². The first-order valence-corrected chi connectivity index (χ1v) is 6.30. The van der Waals surface area contributed by atoms with E-state index in [1.807, 2.05) is 6.07 Å². The van der Waals surface area contributed by atoms with Gasteiger partial charge in [-0.3, -0.25) is 0 Å². The lowest BCUT2D eigenvalue weighted by atomic mass is 10.1. The van der Waals surface area contributed by atoms with Gasteiger partial charge in [0.15, 0.2) is 0 Å². The Morgan fingerprint density at radius 3 is 2.84 bits per heavy atom. The summed E-state index contributed by atoms with van der Waals surface area (Å²) in [4.78, 5) is 4.12. The van der Waals surface area contributed by atoms with E-state index in [0.717, 1.165) is 24.2 Å². The highest BCUT2D eigenvalue weighted by molar-refractivity contribution is 5.19. The predicted molar refractivity (Wildman–Crippen MR) is 69.8 cm³/mol. The minimum absolute atomic E-state index is 0.480. The molecule has 19 heavy (non-hydrogen) atoms. The van der Waals surface area contributed by atoms with Crippen molar-refractivity contribution in [3.05, 3.63) is 35.8 Å². The van der Waals surface area contributed by atoms with Gasteiger partial charge in [-0.05, 0) is 12.0 Å². The van der Waals surface area contributed by atoms with E-state index in [4.69, 9.17) is 4.74 Å². The highest BCUT2D eigenvalue weighted by atomic mass is 16.5. The van der Waals surface area contributed by atoms with Gasteiger partial charge < -0.3 is 9.84 Å². The van der Waals surface area contributed by atoms with Gasteiger partial charge in [-0.25, -0.2) is 9.67 Å². The molecule has 1 atom stereocenters. The minimum atomic E-state index is -0.628. The Balaban J connectivity index is 2.06. The Morgan fingerprint density at radius 2 is 2.21 bits per heavy atom. The average molecular weight is 262 g/mol. The lowest BCUT2D eigenvalue weighted by Crippen LogP contribution is -2.11. The summed E-state index contributed by atoms with van der Waals surface area (Å²) in [7, 11) is 1.58. The molecule has 102 valence electrons. The van der Waals surface area contributed by atoms with Crippen LogP contribution < -0.4 is 4.74 Å². The minimum Gasteiger partial charge on any atom is -0.481 e. The molecule has 0 saturated heterocycles. The fourth-order valence-electron chi connectivity index (χ4n) is 1.89. The van der Waals surface area contributed by atoms with Gasteiger partial charge in [-0.15, -0.1) is 5.10 Å². The van der Waals surface area contributed by atoms with Crippen LogP contribution in [0.1, 0.15) is 30.7 Å². The van der Waals surface area contributed by atoms with Crippen LogP contribution in [0.3, 0.4) is 0 Å². The van der Waals surface area contributed by atoms with Crippen LogP contribution in [0.15, 0.2) is 24.5 Å². The SMILES string of the molecule is CCCn1nncc1C(O)Cc1ccc(OC)nc1. The molecular weight excluding hydrogens is 244 g/mol. The third-order valence-corrected chi connectivity index (χ3v) is 2.86. The average Bonchev–Trinajstić information content (AvgIpc) is 2.88. The van der Waals surface area contributed by atoms with E-state index in [0.29, 0.717) is 12.3 Å². The zero-order chi connectivity index (χ0) is 13.7. The van der Waals surface area contributed by atoms with Crippen LogP contribution in [0.5, 0.6) is 5.88 Å². The van der Waals surface area contributed by atoms with Crippen molar-refractivity contribution in [1.29, 1.82) is 0 Å². The maximum Gasteiger partial charge on any atom is 0.212 e. The Morgan fingerprint density at radius 1 is 1.37 bits per heavy atom. The van der Waals surface area contributed by atoms with E-state index in [1.165, 1.54) is 0 Å². The number of aromatic nitrogens is 4. The van der Waals surface area contributed by atoms with Crippen molar-refractivity contribution >= 4 is 0 Å². The molecule has 6 heteroatoms. The summed E-state index contributed by atoms with van der Waals surface area (Å²) in [6.07, 6.45) is 4.12. The van der Waals surface area contributed by atoms with E-state index in [-0.39, 0.29) is 0 Å². The molecule has 0 aliphatic carbocycles. The third kappa shape index (κ3) is 3.29. The first-order chi connectivity index (χ1) is 9.24. The molecule has 0 saturated carbocycles. The lowest BCUT2D eigenvalue weighted by Gasteiger charge is -2.12. The Hall–Kier alpha value is -1.95. The van der Waals surface area contributed by atoms with Gasteiger partial charge in [0.05, 0.1) is 19.0 Å². The topological polar surface area (TPSA) is 73.1 Å². The second-order valence-electron chi connectivity index (χ2n) is 4.31. The summed E-state index contributed by atoms with van der Waals surface area (Å²) in [6, 6.07) is 3.67. The van der Waals surface area contributed by atoms with Gasteiger partial charge in [0.1, 0.15) is 6.10 Å². The zero-order valence-corrected chi connectivity index (χ0v) is 11.2. The molecule has 1 N–H and O–H groups in total. The van der Waals surface area contributed by atoms with Gasteiger partial charge in [-0.1, -0.05) is 18.2 Å². The predicted octanol–water partition coefficient (Wildman–Crippen LogP) is 1.37. The van der Waals surface area contributed by atoms with E-state index in [9.17, 15) is 5.11 Å². The monoisotopic (exact) mass is 262 g/mol. The second kappa shape index (κ2) is 6.29. The number of aliphatic hydroxyl groups excluding tert-OH is 1. The van der Waals surface area contributed by atoms with Crippen molar-refractivity contribution in [3.63, 3.8) is 0 Å². The first-order valence-electron chi connectivity index (χ1n) is 6.30. The van der Waals surface area contributed by atoms with Crippen LogP contribution in [0.4, 0.5) is 0 Å². The molecule has 0 aromatic carbocycles. The summed E-state index contributed by atoms with van der Waals surface area (Å²) in [5.74, 6) is 0.566. The lowest BCUT2D eigenvalue weighted by molar-refractivity contribution is 0.166. The zero-order valence-electron chi connectivity index (χ0n) is 11.2. The Labute approximate surface area is 112 Å². The van der Waals surface area contributed by atoms with E-state index < -0.39 is 6.10 Å². The van der Waals surface area contributed by atoms with Crippen LogP contribution in [-0.4, -0.2) is 32.2 Å². The van der Waals surface area contributed by atoms with Gasteiger partial charge >= 0.3 is 0 Å². The number of methoxy groups -OCH3 is 1. The molecule has 2 rings (SSSR count). The number of pyridine rings is 1. The smallest absolute Gasteiger partial charge is 0.212 e. The number of ether oxygens (including phenoxy) is 1. The largest absolute Gasteiger partial charge is 0.481 e. The summed E-state index contributed by atoms with van der Waals surface area (Å²) in [5, 5.41) is 18.1. The highest BCUT2D eigenvalue weighted by Crippen LogP contribution is 2.18. The molecule has 0 spiro atoms. The first kappa shape index (κ1) is 13.5. The van der Waals surface area contributed by atoms with Crippen molar-refractivity contribution in [2.75, 3.05) is 7.11 Å². The molecule has 0 radical (unpaired) electrons. The van der Waals surface area contributed by atoms with Crippen molar-refractivity contribution in [2.24, 2.45) is 0 Å². The number of aliphatic hydroxyl groups is 1. The fourth-order valence-corrected chi connectivity index (χ4v) is 1.89. The van der Waals surface area contributed by atoms with Gasteiger partial charge in [-0.2, -0.15) is 0 Å². The molecule has 2 heterocycles. The van der Waals surface area contributed by atoms with Crippen LogP contribution >= 0.6 is 0 Å². The molecule has 0 aliphatic rings. The molecule has 0 bridgehead atoms. The van der Waals surface area contributed by atoms with Crippen molar-refractivity contribution in [2.45, 2.75) is 32.4 Å². The number of nitrogens with zero attached hydrogens (tertiary/aromatic N) is 4. The summed E-state index contributed by atoms with van der Waals surface area (Å²) >= 11 is 0. The second-order valence-corrected chi connectivity index (χ2v) is 4.31. The molecule has 2 aromatic heterocycles. The maximum atomic E-state index is 10.2. The van der Waals surface area contributed by atoms with E-state index >= 15 is 0 Å². The third-order valence-electron chi connectivity index (χ3n) is 2.86. The quantitative estimate of drug-likeness (QED) is 0.851. The number of aryl methyl sites for hydroxylation is 1. The van der Waals surface area contributed by atoms with Crippen molar-refractivity contribution in [3.8, 4) is 5.88 Å².